The lowest BCUT2D eigenvalue weighted by molar-refractivity contribution is -0.174. The highest BCUT2D eigenvalue weighted by atomic mass is 79.9. The summed E-state index contributed by atoms with van der Waals surface area (Å²) >= 11 is 3.34. The fourth-order valence-electron chi connectivity index (χ4n) is 2.45. The van der Waals surface area contributed by atoms with Crippen LogP contribution in [-0.2, 0) is 19.1 Å². The Bertz CT molecular complexity index is 286. The second kappa shape index (κ2) is 10.2. The van der Waals surface area contributed by atoms with Crippen molar-refractivity contribution in [2.45, 2.75) is 53.4 Å². The van der Waals surface area contributed by atoms with E-state index in [1.807, 2.05) is 0 Å². The van der Waals surface area contributed by atoms with Crippen molar-refractivity contribution in [2.75, 3.05) is 18.5 Å². The number of rotatable bonds is 10. The van der Waals surface area contributed by atoms with Crippen LogP contribution in [0, 0.1) is 11.3 Å². The zero-order chi connectivity index (χ0) is 15.6. The minimum absolute atomic E-state index is 0.268. The van der Waals surface area contributed by atoms with Gasteiger partial charge in [0.15, 0.2) is 5.41 Å². The average molecular weight is 351 g/mol. The highest BCUT2D eigenvalue weighted by Gasteiger charge is 2.48. The maximum absolute atomic E-state index is 12.4. The first-order valence-corrected chi connectivity index (χ1v) is 8.50. The zero-order valence-corrected chi connectivity index (χ0v) is 14.6. The quantitative estimate of drug-likeness (QED) is 0.342. The Morgan fingerprint density at radius 3 is 1.95 bits per heavy atom. The van der Waals surface area contributed by atoms with Gasteiger partial charge in [0, 0.05) is 5.33 Å². The van der Waals surface area contributed by atoms with E-state index in [1.165, 1.54) is 0 Å². The van der Waals surface area contributed by atoms with Gasteiger partial charge in [-0.15, -0.1) is 0 Å². The van der Waals surface area contributed by atoms with E-state index in [0.29, 0.717) is 18.2 Å². The molecular weight excluding hydrogens is 324 g/mol. The van der Waals surface area contributed by atoms with Gasteiger partial charge in [-0.1, -0.05) is 42.6 Å². The van der Waals surface area contributed by atoms with Crippen LogP contribution in [0.5, 0.6) is 0 Å². The molecule has 0 aromatic rings. The van der Waals surface area contributed by atoms with Crippen LogP contribution < -0.4 is 0 Å². The fourth-order valence-corrected chi connectivity index (χ4v) is 3.12. The predicted octanol–water partition coefficient (Wildman–Crippen LogP) is 3.71. The number of ether oxygens (including phenoxy) is 2. The Morgan fingerprint density at radius 2 is 1.60 bits per heavy atom. The first kappa shape index (κ1) is 19.4. The van der Waals surface area contributed by atoms with Gasteiger partial charge in [-0.3, -0.25) is 9.59 Å². The van der Waals surface area contributed by atoms with Crippen molar-refractivity contribution < 1.29 is 19.1 Å². The van der Waals surface area contributed by atoms with E-state index >= 15 is 0 Å². The number of carbonyl (C=O) groups is 2. The summed E-state index contributed by atoms with van der Waals surface area (Å²) in [6.07, 6.45) is 2.88. The summed E-state index contributed by atoms with van der Waals surface area (Å²) in [5.41, 5.74) is -1.18. The summed E-state index contributed by atoms with van der Waals surface area (Å²) in [7, 11) is 0. The maximum atomic E-state index is 12.4. The Hall–Kier alpha value is -0.580. The van der Waals surface area contributed by atoms with Crippen LogP contribution in [0.2, 0.25) is 0 Å². The second-order valence-corrected chi connectivity index (χ2v) is 5.85. The molecule has 0 amide bonds. The minimum Gasteiger partial charge on any atom is -0.465 e. The van der Waals surface area contributed by atoms with Crippen molar-refractivity contribution in [2.24, 2.45) is 11.3 Å². The maximum Gasteiger partial charge on any atom is 0.323 e. The summed E-state index contributed by atoms with van der Waals surface area (Å²) in [5, 5.41) is 0.559. The number of halogens is 1. The SMILES string of the molecule is CCC[C@H](C)CC(CCBr)(C(=O)OCC)C(=O)OCC. The molecule has 0 N–H and O–H groups in total. The first-order valence-electron chi connectivity index (χ1n) is 7.38. The Kier molecular flexibility index (Phi) is 9.90. The van der Waals surface area contributed by atoms with Gasteiger partial charge < -0.3 is 9.47 Å². The van der Waals surface area contributed by atoms with Crippen LogP contribution >= 0.6 is 15.9 Å². The van der Waals surface area contributed by atoms with Crippen molar-refractivity contribution in [1.82, 2.24) is 0 Å². The molecule has 0 aromatic carbocycles. The van der Waals surface area contributed by atoms with Gasteiger partial charge in [0.2, 0.25) is 0 Å². The third-order valence-electron chi connectivity index (χ3n) is 3.33. The van der Waals surface area contributed by atoms with Gasteiger partial charge >= 0.3 is 11.9 Å². The summed E-state index contributed by atoms with van der Waals surface area (Å²) < 4.78 is 10.3. The molecule has 0 aromatic heterocycles. The molecule has 20 heavy (non-hydrogen) atoms. The highest BCUT2D eigenvalue weighted by molar-refractivity contribution is 9.09. The van der Waals surface area contributed by atoms with Crippen LogP contribution in [-0.4, -0.2) is 30.5 Å². The van der Waals surface area contributed by atoms with Crippen molar-refractivity contribution in [1.29, 1.82) is 0 Å². The van der Waals surface area contributed by atoms with Crippen LogP contribution in [0.25, 0.3) is 0 Å². The minimum atomic E-state index is -1.18. The standard InChI is InChI=1S/C15H27BrO4/c1-5-8-12(4)11-15(9-10-16,13(17)19-6-2)14(18)20-7-3/h12H,5-11H2,1-4H3/t12-/m0/s1. The average Bonchev–Trinajstić information content (AvgIpc) is 2.38. The van der Waals surface area contributed by atoms with Gasteiger partial charge in [0.1, 0.15) is 0 Å². The lowest BCUT2D eigenvalue weighted by Crippen LogP contribution is -2.43. The van der Waals surface area contributed by atoms with Crippen LogP contribution in [0.15, 0.2) is 0 Å². The molecule has 0 aliphatic rings. The van der Waals surface area contributed by atoms with Crippen LogP contribution in [0.4, 0.5) is 0 Å². The molecule has 118 valence electrons. The van der Waals surface area contributed by atoms with E-state index in [2.05, 4.69) is 29.8 Å². The monoisotopic (exact) mass is 350 g/mol. The largest absolute Gasteiger partial charge is 0.465 e. The van der Waals surface area contributed by atoms with E-state index in [9.17, 15) is 9.59 Å². The van der Waals surface area contributed by atoms with Crippen molar-refractivity contribution in [3.05, 3.63) is 0 Å². The molecule has 0 saturated carbocycles. The van der Waals surface area contributed by atoms with Gasteiger partial charge in [0.25, 0.3) is 0 Å². The summed E-state index contributed by atoms with van der Waals surface area (Å²) in [5.74, 6) is -0.644. The normalized spacial score (nSPS) is 12.8. The topological polar surface area (TPSA) is 52.6 Å². The summed E-state index contributed by atoms with van der Waals surface area (Å²) in [4.78, 5) is 24.7. The third-order valence-corrected chi connectivity index (χ3v) is 3.73. The van der Waals surface area contributed by atoms with Gasteiger partial charge in [-0.25, -0.2) is 0 Å². The molecule has 0 aliphatic carbocycles. The number of alkyl halides is 1. The predicted molar refractivity (Wildman–Crippen MR) is 82.8 cm³/mol. The van der Waals surface area contributed by atoms with E-state index in [-0.39, 0.29) is 19.1 Å². The van der Waals surface area contributed by atoms with E-state index in [0.717, 1.165) is 12.8 Å². The van der Waals surface area contributed by atoms with Gasteiger partial charge in [-0.05, 0) is 32.6 Å². The van der Waals surface area contributed by atoms with Crippen molar-refractivity contribution in [3.63, 3.8) is 0 Å². The molecule has 0 fully saturated rings. The lowest BCUT2D eigenvalue weighted by atomic mass is 9.76. The highest BCUT2D eigenvalue weighted by Crippen LogP contribution is 2.36. The van der Waals surface area contributed by atoms with E-state index in [1.54, 1.807) is 13.8 Å². The van der Waals surface area contributed by atoms with E-state index < -0.39 is 17.4 Å². The second-order valence-electron chi connectivity index (χ2n) is 5.06. The molecule has 4 nitrogen and oxygen atoms in total. The molecule has 0 spiro atoms. The molecule has 5 heteroatoms. The molecule has 0 saturated heterocycles. The molecule has 0 radical (unpaired) electrons. The van der Waals surface area contributed by atoms with Crippen molar-refractivity contribution >= 4 is 27.9 Å². The number of esters is 2. The summed E-state index contributed by atoms with van der Waals surface area (Å²) in [6.45, 7) is 8.19. The Morgan fingerprint density at radius 1 is 1.10 bits per heavy atom. The number of carbonyl (C=O) groups excluding carboxylic acids is 2. The molecule has 0 unspecified atom stereocenters. The van der Waals surface area contributed by atoms with Crippen LogP contribution in [0.1, 0.15) is 53.4 Å². The summed E-state index contributed by atoms with van der Waals surface area (Å²) in [6, 6.07) is 0. The smallest absolute Gasteiger partial charge is 0.323 e. The Labute approximate surface area is 130 Å². The van der Waals surface area contributed by atoms with Crippen molar-refractivity contribution in [3.8, 4) is 0 Å². The molecule has 0 aliphatic heterocycles. The lowest BCUT2D eigenvalue weighted by Gasteiger charge is -2.31. The fraction of sp³-hybridized carbons (Fsp3) is 0.867. The molecular formula is C15H27BrO4. The van der Waals surface area contributed by atoms with Gasteiger partial charge in [0.05, 0.1) is 13.2 Å². The van der Waals surface area contributed by atoms with E-state index in [4.69, 9.17) is 9.47 Å². The number of hydrogen-bond acceptors (Lipinski definition) is 4. The molecule has 1 atom stereocenters. The number of hydrogen-bond donors (Lipinski definition) is 0. The third kappa shape index (κ3) is 5.43. The first-order chi connectivity index (χ1) is 9.48. The molecule has 0 bridgehead atoms. The van der Waals surface area contributed by atoms with Crippen LogP contribution in [0.3, 0.4) is 0 Å². The Balaban J connectivity index is 5.30. The molecule has 0 rings (SSSR count). The zero-order valence-electron chi connectivity index (χ0n) is 13.0. The molecule has 0 heterocycles. The van der Waals surface area contributed by atoms with Gasteiger partial charge in [-0.2, -0.15) is 0 Å².